The van der Waals surface area contributed by atoms with E-state index in [4.69, 9.17) is 10.00 Å². The highest BCUT2D eigenvalue weighted by Gasteiger charge is 2.29. The Morgan fingerprint density at radius 2 is 2.30 bits per heavy atom. The fourth-order valence-corrected chi connectivity index (χ4v) is 2.20. The van der Waals surface area contributed by atoms with Gasteiger partial charge in [0.15, 0.2) is 0 Å². The monoisotopic (exact) mass is 276 g/mol. The standard InChI is InChI=1S/C13H16N4O3/c1-13(3-6-20-7-4-13)9-16-12-11(17(18)19)10(8-14)2-5-15-12/h2,5H,3-4,6-7,9H2,1H3,(H,15,16). The van der Waals surface area contributed by atoms with E-state index < -0.39 is 4.92 Å². The molecule has 0 unspecified atom stereocenters. The maximum Gasteiger partial charge on any atom is 0.328 e. The number of anilines is 1. The summed E-state index contributed by atoms with van der Waals surface area (Å²) in [6.45, 7) is 4.08. The molecule has 0 aromatic carbocycles. The Hall–Kier alpha value is -2.20. The summed E-state index contributed by atoms with van der Waals surface area (Å²) in [6.07, 6.45) is 3.19. The number of pyridine rings is 1. The molecule has 1 N–H and O–H groups in total. The Bertz CT molecular complexity index is 547. The van der Waals surface area contributed by atoms with Crippen LogP contribution in [0.2, 0.25) is 0 Å². The summed E-state index contributed by atoms with van der Waals surface area (Å²) in [5, 5.41) is 23.0. The van der Waals surface area contributed by atoms with Crippen LogP contribution < -0.4 is 5.32 Å². The van der Waals surface area contributed by atoms with Gasteiger partial charge in [-0.25, -0.2) is 4.98 Å². The van der Waals surface area contributed by atoms with Crippen LogP contribution in [-0.4, -0.2) is 29.7 Å². The largest absolute Gasteiger partial charge is 0.381 e. The number of aromatic nitrogens is 1. The van der Waals surface area contributed by atoms with Crippen molar-refractivity contribution < 1.29 is 9.66 Å². The molecule has 20 heavy (non-hydrogen) atoms. The quantitative estimate of drug-likeness (QED) is 0.667. The van der Waals surface area contributed by atoms with Crippen molar-refractivity contribution in [2.24, 2.45) is 5.41 Å². The van der Waals surface area contributed by atoms with Crippen molar-refractivity contribution in [3.8, 4) is 6.07 Å². The minimum atomic E-state index is -0.569. The highest BCUT2D eigenvalue weighted by atomic mass is 16.6. The maximum atomic E-state index is 11.1. The summed E-state index contributed by atoms with van der Waals surface area (Å²) in [4.78, 5) is 14.5. The molecule has 106 valence electrons. The van der Waals surface area contributed by atoms with Gasteiger partial charge in [0.2, 0.25) is 5.82 Å². The van der Waals surface area contributed by atoms with E-state index in [2.05, 4.69) is 17.2 Å². The van der Waals surface area contributed by atoms with Crippen LogP contribution in [0.1, 0.15) is 25.3 Å². The fourth-order valence-electron chi connectivity index (χ4n) is 2.20. The first-order chi connectivity index (χ1) is 9.56. The van der Waals surface area contributed by atoms with Crippen LogP contribution in [0, 0.1) is 26.9 Å². The first-order valence-electron chi connectivity index (χ1n) is 6.41. The van der Waals surface area contributed by atoms with Gasteiger partial charge in [0.25, 0.3) is 0 Å². The van der Waals surface area contributed by atoms with Crippen molar-refractivity contribution in [3.05, 3.63) is 27.9 Å². The van der Waals surface area contributed by atoms with Crippen LogP contribution in [-0.2, 0) is 4.74 Å². The summed E-state index contributed by atoms with van der Waals surface area (Å²) in [5.74, 6) is 0.154. The molecule has 0 bridgehead atoms. The van der Waals surface area contributed by atoms with Crippen LogP contribution in [0.3, 0.4) is 0 Å². The van der Waals surface area contributed by atoms with Gasteiger partial charge in [-0.1, -0.05) is 6.92 Å². The molecule has 7 heteroatoms. The van der Waals surface area contributed by atoms with Crippen LogP contribution >= 0.6 is 0 Å². The third-order valence-electron chi connectivity index (χ3n) is 3.61. The average molecular weight is 276 g/mol. The second-order valence-electron chi connectivity index (χ2n) is 5.20. The zero-order valence-electron chi connectivity index (χ0n) is 11.3. The zero-order valence-corrected chi connectivity index (χ0v) is 11.3. The number of nitrogens with zero attached hydrogens (tertiary/aromatic N) is 3. The molecule has 1 fully saturated rings. The summed E-state index contributed by atoms with van der Waals surface area (Å²) in [5.41, 5.74) is -0.216. The predicted octanol–water partition coefficient (Wildman–Crippen LogP) is 2.09. The number of nitriles is 1. The predicted molar refractivity (Wildman–Crippen MR) is 72.3 cm³/mol. The molecule has 0 amide bonds. The molecule has 1 saturated heterocycles. The molecule has 0 radical (unpaired) electrons. The number of hydrogen-bond acceptors (Lipinski definition) is 6. The van der Waals surface area contributed by atoms with E-state index in [1.807, 2.05) is 6.07 Å². The van der Waals surface area contributed by atoms with E-state index >= 15 is 0 Å². The first kappa shape index (κ1) is 14.2. The molecule has 2 heterocycles. The van der Waals surface area contributed by atoms with Crippen LogP contribution in [0.5, 0.6) is 0 Å². The van der Waals surface area contributed by atoms with Crippen molar-refractivity contribution in [1.29, 1.82) is 5.26 Å². The summed E-state index contributed by atoms with van der Waals surface area (Å²) >= 11 is 0. The van der Waals surface area contributed by atoms with E-state index in [1.165, 1.54) is 12.3 Å². The molecule has 0 saturated carbocycles. The lowest BCUT2D eigenvalue weighted by atomic mass is 9.82. The molecule has 0 atom stereocenters. The van der Waals surface area contributed by atoms with Crippen LogP contribution in [0.25, 0.3) is 0 Å². The lowest BCUT2D eigenvalue weighted by molar-refractivity contribution is -0.384. The lowest BCUT2D eigenvalue weighted by Gasteiger charge is -2.33. The van der Waals surface area contributed by atoms with Gasteiger partial charge in [0.1, 0.15) is 11.6 Å². The van der Waals surface area contributed by atoms with E-state index in [9.17, 15) is 10.1 Å². The Morgan fingerprint density at radius 1 is 1.60 bits per heavy atom. The average Bonchev–Trinajstić information content (AvgIpc) is 2.45. The summed E-state index contributed by atoms with van der Waals surface area (Å²) in [7, 11) is 0. The van der Waals surface area contributed by atoms with E-state index in [0.717, 1.165) is 12.8 Å². The van der Waals surface area contributed by atoms with Crippen molar-refractivity contribution in [3.63, 3.8) is 0 Å². The smallest absolute Gasteiger partial charge is 0.328 e. The fraction of sp³-hybridized carbons (Fsp3) is 0.538. The minimum absolute atomic E-state index is 0.0182. The van der Waals surface area contributed by atoms with Crippen molar-refractivity contribution in [1.82, 2.24) is 4.98 Å². The van der Waals surface area contributed by atoms with E-state index in [0.29, 0.717) is 19.8 Å². The number of nitrogens with one attached hydrogen (secondary N) is 1. The molecule has 2 rings (SSSR count). The minimum Gasteiger partial charge on any atom is -0.381 e. The molecule has 0 spiro atoms. The first-order valence-corrected chi connectivity index (χ1v) is 6.41. The second kappa shape index (κ2) is 5.84. The van der Waals surface area contributed by atoms with Crippen LogP contribution in [0.4, 0.5) is 11.5 Å². The Balaban J connectivity index is 2.17. The van der Waals surface area contributed by atoms with Gasteiger partial charge in [0, 0.05) is 26.0 Å². The second-order valence-corrected chi connectivity index (χ2v) is 5.20. The SMILES string of the molecule is CC1(CNc2nccc(C#N)c2[N+](=O)[O-])CCOCC1. The van der Waals surface area contributed by atoms with Gasteiger partial charge in [-0.05, 0) is 24.3 Å². The number of ether oxygens (including phenoxy) is 1. The van der Waals surface area contributed by atoms with Crippen molar-refractivity contribution >= 4 is 11.5 Å². The third-order valence-corrected chi connectivity index (χ3v) is 3.61. The van der Waals surface area contributed by atoms with Crippen LogP contribution in [0.15, 0.2) is 12.3 Å². The van der Waals surface area contributed by atoms with Gasteiger partial charge < -0.3 is 10.1 Å². The molecule has 0 aliphatic carbocycles. The highest BCUT2D eigenvalue weighted by Crippen LogP contribution is 2.32. The lowest BCUT2D eigenvalue weighted by Crippen LogP contribution is -2.33. The Kier molecular flexibility index (Phi) is 4.15. The van der Waals surface area contributed by atoms with Crippen molar-refractivity contribution in [2.45, 2.75) is 19.8 Å². The van der Waals surface area contributed by atoms with E-state index in [1.54, 1.807) is 0 Å². The Morgan fingerprint density at radius 3 is 2.90 bits per heavy atom. The Labute approximate surface area is 116 Å². The molecule has 7 nitrogen and oxygen atoms in total. The molecule has 1 aliphatic rings. The normalized spacial score (nSPS) is 17.2. The zero-order chi connectivity index (χ0) is 14.6. The molecular weight excluding hydrogens is 260 g/mol. The van der Waals surface area contributed by atoms with Gasteiger partial charge >= 0.3 is 5.69 Å². The number of hydrogen-bond donors (Lipinski definition) is 1. The molecular formula is C13H16N4O3. The van der Waals surface area contributed by atoms with Gasteiger partial charge in [-0.15, -0.1) is 0 Å². The topological polar surface area (TPSA) is 101 Å². The molecule has 1 aromatic rings. The summed E-state index contributed by atoms with van der Waals surface area (Å²) < 4.78 is 5.32. The summed E-state index contributed by atoms with van der Waals surface area (Å²) in [6, 6.07) is 3.17. The highest BCUT2D eigenvalue weighted by molar-refractivity contribution is 5.64. The van der Waals surface area contributed by atoms with Crippen molar-refractivity contribution in [2.75, 3.05) is 25.1 Å². The van der Waals surface area contributed by atoms with Gasteiger partial charge in [0.05, 0.1) is 4.92 Å². The molecule has 1 aliphatic heterocycles. The maximum absolute atomic E-state index is 11.1. The van der Waals surface area contributed by atoms with Gasteiger partial charge in [-0.2, -0.15) is 5.26 Å². The molecule has 1 aromatic heterocycles. The number of nitro groups is 1. The third kappa shape index (κ3) is 3.03. The van der Waals surface area contributed by atoms with Gasteiger partial charge in [-0.3, -0.25) is 10.1 Å². The number of rotatable bonds is 4. The van der Waals surface area contributed by atoms with E-state index in [-0.39, 0.29) is 22.5 Å².